The van der Waals surface area contributed by atoms with E-state index in [4.69, 9.17) is 0 Å². The number of thiophene rings is 1. The van der Waals surface area contributed by atoms with E-state index in [-0.39, 0.29) is 11.5 Å². The van der Waals surface area contributed by atoms with Crippen LogP contribution in [0.3, 0.4) is 0 Å². The molecule has 1 amide bonds. The molecule has 3 aromatic rings. The Labute approximate surface area is 149 Å². The molecule has 0 aliphatic heterocycles. The van der Waals surface area contributed by atoms with Crippen LogP contribution in [0.4, 0.5) is 5.95 Å². The molecule has 6 nitrogen and oxygen atoms in total. The molecule has 0 fully saturated rings. The second-order valence-corrected chi connectivity index (χ2v) is 6.95. The molecule has 2 N–H and O–H groups in total. The number of hydrogen-bond donors (Lipinski definition) is 2. The van der Waals surface area contributed by atoms with E-state index in [1.54, 1.807) is 7.05 Å². The van der Waals surface area contributed by atoms with Crippen LogP contribution in [0, 0.1) is 6.92 Å². The number of benzene rings is 1. The molecule has 0 saturated heterocycles. The van der Waals surface area contributed by atoms with Gasteiger partial charge in [0.25, 0.3) is 5.56 Å². The Kier molecular flexibility index (Phi) is 4.85. The van der Waals surface area contributed by atoms with Crippen LogP contribution in [0.1, 0.15) is 12.5 Å². The van der Waals surface area contributed by atoms with Gasteiger partial charge in [-0.25, -0.2) is 4.98 Å². The first-order valence-electron chi connectivity index (χ1n) is 8.01. The number of rotatable bonds is 5. The van der Waals surface area contributed by atoms with Gasteiger partial charge in [0.15, 0.2) is 0 Å². The first-order chi connectivity index (χ1) is 12.0. The normalized spacial score (nSPS) is 10.8. The van der Waals surface area contributed by atoms with E-state index < -0.39 is 0 Å². The van der Waals surface area contributed by atoms with Crippen molar-refractivity contribution < 1.29 is 4.79 Å². The van der Waals surface area contributed by atoms with Crippen LogP contribution in [0.15, 0.2) is 35.1 Å². The summed E-state index contributed by atoms with van der Waals surface area (Å²) >= 11 is 1.46. The van der Waals surface area contributed by atoms with E-state index in [1.807, 2.05) is 13.0 Å². The summed E-state index contributed by atoms with van der Waals surface area (Å²) in [6, 6.07) is 10.2. The number of nitrogens with one attached hydrogen (secondary N) is 2. The van der Waals surface area contributed by atoms with Gasteiger partial charge in [0.2, 0.25) is 11.9 Å². The van der Waals surface area contributed by atoms with Crippen molar-refractivity contribution in [3.63, 3.8) is 0 Å². The second-order valence-electron chi connectivity index (χ2n) is 5.90. The summed E-state index contributed by atoms with van der Waals surface area (Å²) in [7, 11) is 1.70. The van der Waals surface area contributed by atoms with Gasteiger partial charge in [-0.2, -0.15) is 0 Å². The molecule has 0 aliphatic carbocycles. The van der Waals surface area contributed by atoms with E-state index in [2.05, 4.69) is 39.9 Å². The number of anilines is 1. The highest BCUT2D eigenvalue weighted by Gasteiger charge is 2.13. The van der Waals surface area contributed by atoms with Crippen molar-refractivity contribution in [3.05, 3.63) is 46.2 Å². The first-order valence-corrected chi connectivity index (χ1v) is 8.83. The largest absolute Gasteiger partial charge is 0.355 e. The molecule has 0 bridgehead atoms. The summed E-state index contributed by atoms with van der Waals surface area (Å²) in [5.74, 6) is 0.413. The lowest BCUT2D eigenvalue weighted by Crippen LogP contribution is -2.28. The van der Waals surface area contributed by atoms with Crippen LogP contribution < -0.4 is 16.2 Å². The van der Waals surface area contributed by atoms with Gasteiger partial charge in [0.1, 0.15) is 4.70 Å². The van der Waals surface area contributed by atoms with Crippen molar-refractivity contribution in [2.45, 2.75) is 13.8 Å². The van der Waals surface area contributed by atoms with Gasteiger partial charge < -0.3 is 10.6 Å². The van der Waals surface area contributed by atoms with Gasteiger partial charge in [-0.15, -0.1) is 11.3 Å². The average molecular weight is 356 g/mol. The third-order valence-electron chi connectivity index (χ3n) is 3.87. The van der Waals surface area contributed by atoms with Gasteiger partial charge in [-0.3, -0.25) is 14.2 Å². The molecule has 0 aliphatic rings. The monoisotopic (exact) mass is 356 g/mol. The van der Waals surface area contributed by atoms with Gasteiger partial charge in [0.05, 0.1) is 5.52 Å². The summed E-state index contributed by atoms with van der Waals surface area (Å²) in [4.78, 5) is 29.1. The fourth-order valence-corrected chi connectivity index (χ4v) is 3.56. The summed E-state index contributed by atoms with van der Waals surface area (Å²) in [6.45, 7) is 4.49. The van der Waals surface area contributed by atoms with Crippen molar-refractivity contribution in [3.8, 4) is 10.4 Å². The fourth-order valence-electron chi connectivity index (χ4n) is 2.49. The van der Waals surface area contributed by atoms with E-state index in [0.717, 1.165) is 10.4 Å². The maximum atomic E-state index is 12.6. The molecule has 0 atom stereocenters. The number of carbonyl (C=O) groups excluding carboxylic acids is 1. The average Bonchev–Trinajstić information content (AvgIpc) is 3.00. The van der Waals surface area contributed by atoms with Gasteiger partial charge in [-0.05, 0) is 18.6 Å². The molecule has 2 aromatic heterocycles. The molecule has 0 unspecified atom stereocenters. The lowest BCUT2D eigenvalue weighted by molar-refractivity contribution is -0.118. The minimum atomic E-state index is -0.0836. The van der Waals surface area contributed by atoms with Crippen LogP contribution in [0.2, 0.25) is 0 Å². The third kappa shape index (κ3) is 3.71. The highest BCUT2D eigenvalue weighted by atomic mass is 32.1. The Morgan fingerprint density at radius 1 is 1.24 bits per heavy atom. The maximum absolute atomic E-state index is 12.6. The number of aryl methyl sites for hydroxylation is 1. The Morgan fingerprint density at radius 3 is 2.64 bits per heavy atom. The van der Waals surface area contributed by atoms with Crippen LogP contribution in [0.25, 0.3) is 20.7 Å². The molecule has 7 heteroatoms. The van der Waals surface area contributed by atoms with E-state index in [9.17, 15) is 9.59 Å². The maximum Gasteiger partial charge on any atom is 0.272 e. The lowest BCUT2D eigenvalue weighted by atomic mass is 10.1. The highest BCUT2D eigenvalue weighted by molar-refractivity contribution is 7.22. The minimum Gasteiger partial charge on any atom is -0.355 e. The van der Waals surface area contributed by atoms with Crippen molar-refractivity contribution in [2.24, 2.45) is 7.05 Å². The zero-order chi connectivity index (χ0) is 18.0. The van der Waals surface area contributed by atoms with Crippen LogP contribution in [-0.2, 0) is 11.8 Å². The zero-order valence-electron chi connectivity index (χ0n) is 14.4. The minimum absolute atomic E-state index is 0.0737. The Morgan fingerprint density at radius 2 is 1.96 bits per heavy atom. The summed E-state index contributed by atoms with van der Waals surface area (Å²) in [5, 5.41) is 5.80. The van der Waals surface area contributed by atoms with Gasteiger partial charge >= 0.3 is 0 Å². The first kappa shape index (κ1) is 17.2. The van der Waals surface area contributed by atoms with E-state index in [1.165, 1.54) is 28.4 Å². The second kappa shape index (κ2) is 7.06. The fraction of sp³-hybridized carbons (Fsp3) is 0.278. The molecule has 0 saturated carbocycles. The molecule has 25 heavy (non-hydrogen) atoms. The lowest BCUT2D eigenvalue weighted by Gasteiger charge is -2.09. The number of hydrogen-bond acceptors (Lipinski definition) is 5. The summed E-state index contributed by atoms with van der Waals surface area (Å²) < 4.78 is 2.15. The van der Waals surface area contributed by atoms with Crippen molar-refractivity contribution in [1.29, 1.82) is 0 Å². The van der Waals surface area contributed by atoms with Crippen molar-refractivity contribution >= 4 is 33.4 Å². The summed E-state index contributed by atoms with van der Waals surface area (Å²) in [6.07, 6.45) is 0. The van der Waals surface area contributed by atoms with Crippen molar-refractivity contribution in [1.82, 2.24) is 14.9 Å². The van der Waals surface area contributed by atoms with Gasteiger partial charge in [-0.1, -0.05) is 29.8 Å². The molecule has 0 radical (unpaired) electrons. The smallest absolute Gasteiger partial charge is 0.272 e. The molecule has 2 heterocycles. The Hall–Kier alpha value is -2.67. The SMILES string of the molecule is CC(=O)NCCNc1nc2cc(-c3ccc(C)cc3)sc2c(=O)n1C. The van der Waals surface area contributed by atoms with E-state index >= 15 is 0 Å². The summed E-state index contributed by atoms with van der Waals surface area (Å²) in [5.41, 5.74) is 2.89. The number of fused-ring (bicyclic) bond motifs is 1. The standard InChI is InChI=1S/C18H20N4O2S/c1-11-4-6-13(7-5-11)15-10-14-16(25-15)17(24)22(3)18(21-14)20-9-8-19-12(2)23/h4-7,10H,8-9H2,1-3H3,(H,19,23)(H,20,21). The number of carbonyl (C=O) groups is 1. The molecule has 130 valence electrons. The van der Waals surface area contributed by atoms with Crippen LogP contribution in [0.5, 0.6) is 0 Å². The number of amides is 1. The molecule has 1 aromatic carbocycles. The predicted molar refractivity (Wildman–Crippen MR) is 102 cm³/mol. The van der Waals surface area contributed by atoms with E-state index in [0.29, 0.717) is 29.3 Å². The van der Waals surface area contributed by atoms with Crippen LogP contribution in [-0.4, -0.2) is 28.5 Å². The Balaban J connectivity index is 1.91. The molecule has 3 rings (SSSR count). The van der Waals surface area contributed by atoms with Crippen molar-refractivity contribution in [2.75, 3.05) is 18.4 Å². The topological polar surface area (TPSA) is 76.0 Å². The van der Waals surface area contributed by atoms with Gasteiger partial charge in [0, 0.05) is 31.9 Å². The quantitative estimate of drug-likeness (QED) is 0.689. The molecular formula is C18H20N4O2S. The predicted octanol–water partition coefficient (Wildman–Crippen LogP) is 2.52. The van der Waals surface area contributed by atoms with Crippen LogP contribution >= 0.6 is 11.3 Å². The number of nitrogens with zero attached hydrogens (tertiary/aromatic N) is 2. The third-order valence-corrected chi connectivity index (χ3v) is 5.03. The molecular weight excluding hydrogens is 336 g/mol. The zero-order valence-corrected chi connectivity index (χ0v) is 15.2. The Bertz CT molecular complexity index is 973. The molecule has 0 spiro atoms. The highest BCUT2D eigenvalue weighted by Crippen LogP contribution is 2.31. The number of aromatic nitrogens is 2.